The summed E-state index contributed by atoms with van der Waals surface area (Å²) in [6.07, 6.45) is 3.34. The van der Waals surface area contributed by atoms with Crippen molar-refractivity contribution in [2.24, 2.45) is 0 Å². The molecule has 10 heteroatoms. The fourth-order valence-corrected chi connectivity index (χ4v) is 3.62. The van der Waals surface area contributed by atoms with E-state index in [-0.39, 0.29) is 25.0 Å². The van der Waals surface area contributed by atoms with Gasteiger partial charge in [-0.05, 0) is 35.9 Å². The Morgan fingerprint density at radius 2 is 1.94 bits per heavy atom. The second-order valence-corrected chi connectivity index (χ2v) is 7.74. The Labute approximate surface area is 200 Å². The number of carbonyl (C=O) groups excluding carboxylic acids is 2. The number of ether oxygens (including phenoxy) is 2. The number of anilines is 1. The Morgan fingerprint density at radius 1 is 1.09 bits per heavy atom. The maximum absolute atomic E-state index is 13.1. The van der Waals surface area contributed by atoms with Crippen LogP contribution in [0.4, 0.5) is 5.69 Å². The van der Waals surface area contributed by atoms with Gasteiger partial charge in [0.1, 0.15) is 6.61 Å². The summed E-state index contributed by atoms with van der Waals surface area (Å²) in [6, 6.07) is 14.2. The number of hydrogen-bond donors (Lipinski definition) is 2. The summed E-state index contributed by atoms with van der Waals surface area (Å²) in [4.78, 5) is 28.9. The van der Waals surface area contributed by atoms with Crippen LogP contribution < -0.4 is 15.4 Å². The number of fused-ring (bicyclic) bond motifs is 1. The monoisotopic (exact) mass is 479 g/mol. The number of amides is 2. The van der Waals surface area contributed by atoms with Crippen LogP contribution in [0.2, 0.25) is 5.02 Å². The third-order valence-electron chi connectivity index (χ3n) is 5.08. The van der Waals surface area contributed by atoms with Gasteiger partial charge in [-0.2, -0.15) is 5.10 Å². The maximum Gasteiger partial charge on any atom is 0.257 e. The second-order valence-electron chi connectivity index (χ2n) is 7.33. The van der Waals surface area contributed by atoms with Crippen LogP contribution in [0.5, 0.6) is 5.88 Å². The number of benzene rings is 2. The molecule has 0 atom stereocenters. The van der Waals surface area contributed by atoms with Crippen molar-refractivity contribution < 1.29 is 19.1 Å². The molecule has 2 aromatic heterocycles. The zero-order valence-electron chi connectivity index (χ0n) is 18.5. The van der Waals surface area contributed by atoms with Crippen LogP contribution >= 0.6 is 11.6 Å². The van der Waals surface area contributed by atoms with Crippen molar-refractivity contribution in [1.29, 1.82) is 0 Å². The van der Waals surface area contributed by atoms with Crippen molar-refractivity contribution in [3.8, 4) is 11.6 Å². The minimum Gasteiger partial charge on any atom is -0.481 e. The smallest absolute Gasteiger partial charge is 0.257 e. The maximum atomic E-state index is 13.1. The number of halogens is 1. The van der Waals surface area contributed by atoms with E-state index in [2.05, 4.69) is 20.7 Å². The van der Waals surface area contributed by atoms with E-state index in [0.29, 0.717) is 22.2 Å². The van der Waals surface area contributed by atoms with E-state index in [9.17, 15) is 9.59 Å². The predicted octanol–water partition coefficient (Wildman–Crippen LogP) is 3.60. The van der Waals surface area contributed by atoms with E-state index < -0.39 is 0 Å². The van der Waals surface area contributed by atoms with Gasteiger partial charge in [-0.15, -0.1) is 0 Å². The molecule has 0 spiro atoms. The number of nitrogens with one attached hydrogen (secondary N) is 2. The second kappa shape index (κ2) is 10.3. The number of aromatic nitrogens is 3. The first-order valence-electron chi connectivity index (χ1n) is 10.3. The molecule has 0 unspecified atom stereocenters. The highest BCUT2D eigenvalue weighted by atomic mass is 35.5. The molecule has 2 amide bonds. The van der Waals surface area contributed by atoms with Crippen LogP contribution in [-0.4, -0.2) is 47.4 Å². The van der Waals surface area contributed by atoms with E-state index in [1.54, 1.807) is 54.5 Å². The van der Waals surface area contributed by atoms with Gasteiger partial charge >= 0.3 is 0 Å². The Balaban J connectivity index is 1.57. The lowest BCUT2D eigenvalue weighted by Gasteiger charge is -2.11. The number of hydrogen-bond acceptors (Lipinski definition) is 6. The normalized spacial score (nSPS) is 10.8. The number of nitrogens with zero attached hydrogens (tertiary/aromatic N) is 3. The lowest BCUT2D eigenvalue weighted by Crippen LogP contribution is -2.26. The molecule has 0 radical (unpaired) electrons. The third kappa shape index (κ3) is 5.00. The molecular weight excluding hydrogens is 458 g/mol. The minimum atomic E-state index is -0.374. The average molecular weight is 480 g/mol. The molecule has 4 rings (SSSR count). The van der Waals surface area contributed by atoms with Gasteiger partial charge in [-0.3, -0.25) is 9.59 Å². The van der Waals surface area contributed by atoms with E-state index in [1.807, 2.05) is 18.2 Å². The van der Waals surface area contributed by atoms with Gasteiger partial charge in [0.15, 0.2) is 0 Å². The van der Waals surface area contributed by atoms with Crippen LogP contribution in [0.15, 0.2) is 60.9 Å². The summed E-state index contributed by atoms with van der Waals surface area (Å²) in [5, 5.41) is 11.2. The van der Waals surface area contributed by atoms with Crippen molar-refractivity contribution >= 4 is 40.0 Å². The van der Waals surface area contributed by atoms with Gasteiger partial charge in [-0.1, -0.05) is 23.7 Å². The highest BCUT2D eigenvalue weighted by molar-refractivity contribution is 6.34. The molecule has 0 aliphatic rings. The first-order valence-corrected chi connectivity index (χ1v) is 10.7. The lowest BCUT2D eigenvalue weighted by molar-refractivity contribution is -0.124. The fourth-order valence-electron chi connectivity index (χ4n) is 3.41. The van der Waals surface area contributed by atoms with E-state index in [1.165, 1.54) is 7.11 Å². The molecule has 2 N–H and O–H groups in total. The van der Waals surface area contributed by atoms with E-state index in [0.717, 1.165) is 22.2 Å². The SMILES string of the molecule is COCC(=O)NCc1ccc(Cl)c(C(=O)Nc2cccc3c2cnn3-c2ccc(OC)nc2)c1. The van der Waals surface area contributed by atoms with Gasteiger partial charge in [-0.25, -0.2) is 9.67 Å². The van der Waals surface area contributed by atoms with Crippen molar-refractivity contribution in [1.82, 2.24) is 20.1 Å². The first kappa shape index (κ1) is 23.2. The van der Waals surface area contributed by atoms with E-state index in [4.69, 9.17) is 21.1 Å². The summed E-state index contributed by atoms with van der Waals surface area (Å²) in [5.74, 6) is -0.119. The molecule has 0 fully saturated rings. The van der Waals surface area contributed by atoms with Gasteiger partial charge in [0.05, 0.1) is 47.0 Å². The molecule has 174 valence electrons. The topological polar surface area (TPSA) is 107 Å². The Kier molecular flexibility index (Phi) is 7.05. The van der Waals surface area contributed by atoms with Crippen molar-refractivity contribution in [2.45, 2.75) is 6.54 Å². The minimum absolute atomic E-state index is 0.0365. The summed E-state index contributed by atoms with van der Waals surface area (Å²) < 4.78 is 11.6. The highest BCUT2D eigenvalue weighted by Crippen LogP contribution is 2.27. The first-order chi connectivity index (χ1) is 16.5. The molecule has 0 aliphatic carbocycles. The van der Waals surface area contributed by atoms with Crippen molar-refractivity contribution in [2.75, 3.05) is 26.1 Å². The van der Waals surface area contributed by atoms with Crippen LogP contribution in [0.25, 0.3) is 16.6 Å². The van der Waals surface area contributed by atoms with Crippen LogP contribution in [0.1, 0.15) is 15.9 Å². The Morgan fingerprint density at radius 3 is 2.68 bits per heavy atom. The van der Waals surface area contributed by atoms with Gasteiger partial charge in [0, 0.05) is 25.1 Å². The van der Waals surface area contributed by atoms with Crippen LogP contribution in [-0.2, 0) is 16.1 Å². The molecule has 9 nitrogen and oxygen atoms in total. The highest BCUT2D eigenvalue weighted by Gasteiger charge is 2.15. The third-order valence-corrected chi connectivity index (χ3v) is 5.41. The Hall–Kier alpha value is -3.95. The van der Waals surface area contributed by atoms with Gasteiger partial charge in [0.2, 0.25) is 11.8 Å². The zero-order chi connectivity index (χ0) is 24.1. The molecule has 2 heterocycles. The fraction of sp³-hybridized carbons (Fsp3) is 0.167. The van der Waals surface area contributed by atoms with Gasteiger partial charge in [0.25, 0.3) is 5.91 Å². The van der Waals surface area contributed by atoms with Crippen LogP contribution in [0.3, 0.4) is 0 Å². The summed E-state index contributed by atoms with van der Waals surface area (Å²) >= 11 is 6.30. The molecule has 0 saturated heterocycles. The van der Waals surface area contributed by atoms with E-state index >= 15 is 0 Å². The summed E-state index contributed by atoms with van der Waals surface area (Å²) in [7, 11) is 3.00. The summed E-state index contributed by atoms with van der Waals surface area (Å²) in [5.41, 5.74) is 3.17. The molecule has 4 aromatic rings. The lowest BCUT2D eigenvalue weighted by atomic mass is 10.1. The number of carbonyl (C=O) groups is 2. The molecule has 0 bridgehead atoms. The summed E-state index contributed by atoms with van der Waals surface area (Å²) in [6.45, 7) is 0.211. The van der Waals surface area contributed by atoms with Gasteiger partial charge < -0.3 is 20.1 Å². The quantitative estimate of drug-likeness (QED) is 0.400. The molecule has 0 saturated carbocycles. The molecule has 0 aliphatic heterocycles. The molecule has 34 heavy (non-hydrogen) atoms. The predicted molar refractivity (Wildman–Crippen MR) is 129 cm³/mol. The number of rotatable bonds is 8. The Bertz CT molecular complexity index is 1340. The standard InChI is InChI=1S/C24H22ClN5O4/c1-33-14-22(31)26-11-15-6-8-19(25)17(10-15)24(32)29-20-4-3-5-21-18(20)13-28-30(21)16-7-9-23(34-2)27-12-16/h3-10,12-13H,11,14H2,1-2H3,(H,26,31)(H,29,32). The number of pyridine rings is 1. The molecule has 2 aromatic carbocycles. The van der Waals surface area contributed by atoms with Crippen LogP contribution in [0, 0.1) is 0 Å². The average Bonchev–Trinajstić information content (AvgIpc) is 3.29. The largest absolute Gasteiger partial charge is 0.481 e. The van der Waals surface area contributed by atoms with Crippen molar-refractivity contribution in [3.05, 3.63) is 77.1 Å². The van der Waals surface area contributed by atoms with Crippen molar-refractivity contribution in [3.63, 3.8) is 0 Å². The zero-order valence-corrected chi connectivity index (χ0v) is 19.3. The number of methoxy groups -OCH3 is 2. The molecular formula is C24H22ClN5O4.